The first-order chi connectivity index (χ1) is 12.4. The zero-order valence-corrected chi connectivity index (χ0v) is 14.7. The first-order valence-electron chi connectivity index (χ1n) is 8.25. The van der Waals surface area contributed by atoms with Crippen LogP contribution in [0.3, 0.4) is 0 Å². The lowest BCUT2D eigenvalue weighted by atomic mass is 10.1. The van der Waals surface area contributed by atoms with Crippen LogP contribution in [0, 0.1) is 0 Å². The molecule has 1 fully saturated rings. The summed E-state index contributed by atoms with van der Waals surface area (Å²) in [5, 5.41) is 0.730. The van der Waals surface area contributed by atoms with Gasteiger partial charge in [0, 0.05) is 37.4 Å². The number of thiophene rings is 1. The number of alkyl halides is 3. The molecule has 26 heavy (non-hydrogen) atoms. The summed E-state index contributed by atoms with van der Waals surface area (Å²) in [4.78, 5) is 12.4. The van der Waals surface area contributed by atoms with Crippen LogP contribution in [0.4, 0.5) is 19.0 Å². The molecule has 138 valence electrons. The van der Waals surface area contributed by atoms with E-state index in [0.29, 0.717) is 41.9 Å². The van der Waals surface area contributed by atoms with E-state index in [1.54, 1.807) is 6.07 Å². The lowest BCUT2D eigenvalue weighted by Crippen LogP contribution is -2.38. The fourth-order valence-electron chi connectivity index (χ4n) is 3.01. The second-order valence-electron chi connectivity index (χ2n) is 6.40. The van der Waals surface area contributed by atoms with Crippen LogP contribution in [-0.2, 0) is 13.2 Å². The minimum Gasteiger partial charge on any atom is -0.455 e. The Labute approximate surface area is 151 Å². The van der Waals surface area contributed by atoms with Crippen molar-refractivity contribution in [2.24, 2.45) is 0 Å². The van der Waals surface area contributed by atoms with Crippen molar-refractivity contribution in [3.63, 3.8) is 0 Å². The van der Waals surface area contributed by atoms with Crippen molar-refractivity contribution in [3.05, 3.63) is 28.8 Å². The van der Waals surface area contributed by atoms with Gasteiger partial charge in [0.25, 0.3) is 5.92 Å². The largest absolute Gasteiger partial charge is 0.455 e. The van der Waals surface area contributed by atoms with E-state index in [0.717, 1.165) is 10.3 Å². The molecule has 4 rings (SSSR count). The zero-order valence-electron chi connectivity index (χ0n) is 13.8. The minimum atomic E-state index is -2.55. The quantitative estimate of drug-likeness (QED) is 0.731. The molecule has 1 aliphatic heterocycles. The molecule has 0 bridgehead atoms. The Bertz CT molecular complexity index is 929. The van der Waals surface area contributed by atoms with Crippen molar-refractivity contribution in [1.82, 2.24) is 14.9 Å². The summed E-state index contributed by atoms with van der Waals surface area (Å²) in [5.74, 6) is -1.37. The summed E-state index contributed by atoms with van der Waals surface area (Å²) in [6, 6.07) is 5.05. The van der Waals surface area contributed by atoms with Crippen LogP contribution in [0.5, 0.6) is 0 Å². The highest BCUT2D eigenvalue weighted by molar-refractivity contribution is 7.18. The van der Waals surface area contributed by atoms with Crippen molar-refractivity contribution >= 4 is 27.4 Å². The van der Waals surface area contributed by atoms with Gasteiger partial charge >= 0.3 is 0 Å². The van der Waals surface area contributed by atoms with Gasteiger partial charge in [-0.25, -0.2) is 23.1 Å². The highest BCUT2D eigenvalue weighted by Crippen LogP contribution is 2.33. The molecule has 0 aromatic carbocycles. The summed E-state index contributed by atoms with van der Waals surface area (Å²) in [5.41, 5.74) is 6.04. The van der Waals surface area contributed by atoms with Crippen molar-refractivity contribution in [2.75, 3.05) is 18.8 Å². The molecule has 0 amide bonds. The number of rotatable bonds is 4. The molecule has 3 aromatic heterocycles. The van der Waals surface area contributed by atoms with Crippen LogP contribution in [0.1, 0.15) is 23.5 Å². The topological polar surface area (TPSA) is 68.2 Å². The molecule has 5 nitrogen and oxygen atoms in total. The SMILES string of the molecule is Nc1nc(-c2ccc(CF)o2)nc2sc(CN3CCC(F)(F)CC3)cc12. The Balaban J connectivity index is 1.58. The van der Waals surface area contributed by atoms with Gasteiger partial charge in [-0.1, -0.05) is 0 Å². The molecule has 0 unspecified atom stereocenters. The van der Waals surface area contributed by atoms with Gasteiger partial charge in [0.05, 0.1) is 5.39 Å². The number of hydrogen-bond donors (Lipinski definition) is 1. The van der Waals surface area contributed by atoms with Gasteiger partial charge in [-0.2, -0.15) is 0 Å². The zero-order chi connectivity index (χ0) is 18.3. The van der Waals surface area contributed by atoms with Gasteiger partial charge in [-0.05, 0) is 18.2 Å². The molecule has 2 N–H and O–H groups in total. The maximum absolute atomic E-state index is 13.3. The van der Waals surface area contributed by atoms with Crippen molar-refractivity contribution in [2.45, 2.75) is 32.0 Å². The lowest BCUT2D eigenvalue weighted by molar-refractivity contribution is -0.0564. The molecule has 9 heteroatoms. The number of fused-ring (bicyclic) bond motifs is 1. The molecule has 4 heterocycles. The molecule has 3 aromatic rings. The molecule has 0 saturated carbocycles. The number of nitrogen functional groups attached to an aromatic ring is 1. The highest BCUT2D eigenvalue weighted by Gasteiger charge is 2.34. The number of nitrogens with two attached hydrogens (primary N) is 1. The van der Waals surface area contributed by atoms with E-state index in [-0.39, 0.29) is 18.6 Å². The number of anilines is 1. The number of halogens is 3. The smallest absolute Gasteiger partial charge is 0.250 e. The van der Waals surface area contributed by atoms with E-state index in [9.17, 15) is 13.2 Å². The second-order valence-corrected chi connectivity index (χ2v) is 7.51. The van der Waals surface area contributed by atoms with Crippen LogP contribution >= 0.6 is 11.3 Å². The molecule has 0 radical (unpaired) electrons. The number of piperidine rings is 1. The van der Waals surface area contributed by atoms with Gasteiger partial charge in [0.15, 0.2) is 11.6 Å². The van der Waals surface area contributed by atoms with E-state index in [1.807, 2.05) is 11.0 Å². The van der Waals surface area contributed by atoms with E-state index in [2.05, 4.69) is 9.97 Å². The molecule has 0 spiro atoms. The standard InChI is InChI=1S/C17H17F3N4OS/c18-8-10-1-2-13(25-10)15-22-14(21)12-7-11(26-16(12)23-15)9-24-5-3-17(19,20)4-6-24/h1-2,7H,3-6,8-9H2,(H2,21,22,23). The normalized spacial score (nSPS) is 17.8. The van der Waals surface area contributed by atoms with E-state index >= 15 is 0 Å². The second kappa shape index (κ2) is 6.55. The Morgan fingerprint density at radius 1 is 1.23 bits per heavy atom. The van der Waals surface area contributed by atoms with Crippen molar-refractivity contribution in [3.8, 4) is 11.6 Å². The predicted octanol–water partition coefficient (Wildman–Crippen LogP) is 4.23. The van der Waals surface area contributed by atoms with Gasteiger partial charge in [0.2, 0.25) is 0 Å². The monoisotopic (exact) mass is 382 g/mol. The fourth-order valence-corrected chi connectivity index (χ4v) is 4.09. The van der Waals surface area contributed by atoms with Gasteiger partial charge in [-0.15, -0.1) is 11.3 Å². The summed E-state index contributed by atoms with van der Waals surface area (Å²) < 4.78 is 44.5. The number of hydrogen-bond acceptors (Lipinski definition) is 6. The molecule has 1 saturated heterocycles. The average Bonchev–Trinajstić information content (AvgIpc) is 3.23. The Morgan fingerprint density at radius 2 is 2.00 bits per heavy atom. The Hall–Kier alpha value is -2.13. The lowest BCUT2D eigenvalue weighted by Gasteiger charge is -2.31. The van der Waals surface area contributed by atoms with E-state index < -0.39 is 12.6 Å². The summed E-state index contributed by atoms with van der Waals surface area (Å²) in [7, 11) is 0. The summed E-state index contributed by atoms with van der Waals surface area (Å²) >= 11 is 1.45. The third kappa shape index (κ3) is 3.41. The molecular weight excluding hydrogens is 365 g/mol. The fraction of sp³-hybridized carbons (Fsp3) is 0.412. The Kier molecular flexibility index (Phi) is 4.36. The average molecular weight is 382 g/mol. The van der Waals surface area contributed by atoms with Crippen LogP contribution in [-0.4, -0.2) is 33.9 Å². The highest BCUT2D eigenvalue weighted by atomic mass is 32.1. The van der Waals surface area contributed by atoms with Crippen LogP contribution in [0.15, 0.2) is 22.6 Å². The summed E-state index contributed by atoms with van der Waals surface area (Å²) in [6.07, 6.45) is -0.223. The molecule has 1 aliphatic rings. The number of aromatic nitrogens is 2. The molecule has 0 atom stereocenters. The summed E-state index contributed by atoms with van der Waals surface area (Å²) in [6.45, 7) is 0.618. The third-order valence-electron chi connectivity index (χ3n) is 4.45. The minimum absolute atomic E-state index is 0.112. The van der Waals surface area contributed by atoms with Crippen LogP contribution in [0.2, 0.25) is 0 Å². The molecule has 0 aliphatic carbocycles. The number of nitrogens with zero attached hydrogens (tertiary/aromatic N) is 3. The molecular formula is C17H17F3N4OS. The maximum atomic E-state index is 13.3. The predicted molar refractivity (Wildman–Crippen MR) is 93.8 cm³/mol. The van der Waals surface area contributed by atoms with Crippen LogP contribution in [0.25, 0.3) is 21.8 Å². The van der Waals surface area contributed by atoms with Gasteiger partial charge < -0.3 is 10.2 Å². The first-order valence-corrected chi connectivity index (χ1v) is 9.06. The number of likely N-dealkylation sites (tertiary alicyclic amines) is 1. The van der Waals surface area contributed by atoms with Crippen molar-refractivity contribution in [1.29, 1.82) is 0 Å². The maximum Gasteiger partial charge on any atom is 0.250 e. The third-order valence-corrected chi connectivity index (χ3v) is 5.47. The van der Waals surface area contributed by atoms with E-state index in [4.69, 9.17) is 10.2 Å². The first kappa shape index (κ1) is 17.3. The Morgan fingerprint density at radius 3 is 2.69 bits per heavy atom. The van der Waals surface area contributed by atoms with E-state index in [1.165, 1.54) is 17.4 Å². The van der Waals surface area contributed by atoms with Gasteiger partial charge in [0.1, 0.15) is 23.1 Å². The number of furan rings is 1. The van der Waals surface area contributed by atoms with Crippen LogP contribution < -0.4 is 5.73 Å². The van der Waals surface area contributed by atoms with Crippen molar-refractivity contribution < 1.29 is 17.6 Å². The van der Waals surface area contributed by atoms with Gasteiger partial charge in [-0.3, -0.25) is 4.90 Å².